The summed E-state index contributed by atoms with van der Waals surface area (Å²) in [5, 5.41) is 3.57. The molecule has 2 aliphatic rings. The molecular formula is C26H28FN9O4. The lowest BCUT2D eigenvalue weighted by Gasteiger charge is -2.24. The van der Waals surface area contributed by atoms with Gasteiger partial charge in [0.25, 0.3) is 0 Å². The van der Waals surface area contributed by atoms with Crippen LogP contribution in [0.2, 0.25) is 0 Å². The average Bonchev–Trinajstić information content (AvgIpc) is 3.18. The molecular weight excluding hydrogens is 521 g/mol. The quantitative estimate of drug-likeness (QED) is 0.288. The standard InChI is InChI=1S/C26H28FN9O4/c1-11-30-7-13(8-31-11)39-23-34-20-18(21(35-23)36-9-15-16(10-36)26(15,29)22(28)37)14-5-12(27)6-17(19(14)33-20)32-24(38)40-25(2,3)4/h5-8,15-16H,9-10,29H2,1-4H3,(H2,28,37)(H,32,38)(H,33,34,35)/t15-,16+,26-. The molecule has 1 aliphatic carbocycles. The molecule has 40 heavy (non-hydrogen) atoms. The number of carbonyl (C=O) groups excluding carboxylic acids is 2. The molecule has 13 nitrogen and oxygen atoms in total. The van der Waals surface area contributed by atoms with Crippen molar-refractivity contribution in [1.29, 1.82) is 0 Å². The Morgan fingerprint density at radius 2 is 1.85 bits per heavy atom. The normalized spacial score (nSPS) is 21.9. The van der Waals surface area contributed by atoms with Gasteiger partial charge >= 0.3 is 12.1 Å². The number of hydrogen-bond acceptors (Lipinski definition) is 10. The molecule has 208 valence electrons. The fourth-order valence-corrected chi connectivity index (χ4v) is 5.36. The molecule has 2 fully saturated rings. The number of aromatic nitrogens is 5. The summed E-state index contributed by atoms with van der Waals surface area (Å²) in [4.78, 5) is 47.0. The fraction of sp³-hybridized carbons (Fsp3) is 0.385. The number of benzene rings is 1. The molecule has 1 aromatic carbocycles. The summed E-state index contributed by atoms with van der Waals surface area (Å²) in [6, 6.07) is 2.53. The predicted octanol–water partition coefficient (Wildman–Crippen LogP) is 2.74. The van der Waals surface area contributed by atoms with Crippen LogP contribution in [0.4, 0.5) is 20.7 Å². The third-order valence-corrected chi connectivity index (χ3v) is 7.25. The van der Waals surface area contributed by atoms with E-state index in [4.69, 9.17) is 20.9 Å². The van der Waals surface area contributed by atoms with Crippen molar-refractivity contribution in [1.82, 2.24) is 24.9 Å². The van der Waals surface area contributed by atoms with E-state index in [1.165, 1.54) is 24.5 Å². The molecule has 1 saturated carbocycles. The second-order valence-electron chi connectivity index (χ2n) is 11.2. The molecule has 6 N–H and O–H groups in total. The Kier molecular flexibility index (Phi) is 5.59. The number of fused-ring (bicyclic) bond motifs is 4. The van der Waals surface area contributed by atoms with Crippen LogP contribution in [0.5, 0.6) is 11.8 Å². The Hall–Kier alpha value is -4.59. The number of nitrogens with one attached hydrogen (secondary N) is 2. The van der Waals surface area contributed by atoms with Crippen LogP contribution >= 0.6 is 0 Å². The highest BCUT2D eigenvalue weighted by Gasteiger charge is 2.70. The number of nitrogens with two attached hydrogens (primary N) is 2. The van der Waals surface area contributed by atoms with Gasteiger partial charge in [-0.15, -0.1) is 0 Å². The summed E-state index contributed by atoms with van der Waals surface area (Å²) in [5.41, 5.74) is 10.9. The van der Waals surface area contributed by atoms with E-state index in [2.05, 4.69) is 30.2 Å². The molecule has 0 bridgehead atoms. The minimum absolute atomic E-state index is 0.00174. The minimum Gasteiger partial charge on any atom is -0.444 e. The third-order valence-electron chi connectivity index (χ3n) is 7.25. The molecule has 14 heteroatoms. The first-order valence-electron chi connectivity index (χ1n) is 12.7. The Labute approximate surface area is 227 Å². The van der Waals surface area contributed by atoms with Crippen molar-refractivity contribution in [3.8, 4) is 11.8 Å². The van der Waals surface area contributed by atoms with Gasteiger partial charge in [-0.3, -0.25) is 10.1 Å². The van der Waals surface area contributed by atoms with Crippen LogP contribution < -0.4 is 26.4 Å². The lowest BCUT2D eigenvalue weighted by Crippen LogP contribution is -2.47. The van der Waals surface area contributed by atoms with E-state index in [1.54, 1.807) is 27.7 Å². The molecule has 0 radical (unpaired) electrons. The highest BCUT2D eigenvalue weighted by Crippen LogP contribution is 2.54. The largest absolute Gasteiger partial charge is 0.444 e. The van der Waals surface area contributed by atoms with Crippen LogP contribution in [0.15, 0.2) is 24.5 Å². The van der Waals surface area contributed by atoms with Crippen molar-refractivity contribution in [2.45, 2.75) is 38.8 Å². The monoisotopic (exact) mass is 549 g/mol. The number of rotatable bonds is 5. The Morgan fingerprint density at radius 1 is 1.18 bits per heavy atom. The van der Waals surface area contributed by atoms with Crippen LogP contribution in [-0.4, -0.2) is 61.1 Å². The predicted molar refractivity (Wildman–Crippen MR) is 143 cm³/mol. The van der Waals surface area contributed by atoms with Gasteiger partial charge in [0.15, 0.2) is 5.75 Å². The van der Waals surface area contributed by atoms with E-state index >= 15 is 0 Å². The number of carbonyl (C=O) groups is 2. The molecule has 2 amide bonds. The fourth-order valence-electron chi connectivity index (χ4n) is 5.36. The summed E-state index contributed by atoms with van der Waals surface area (Å²) in [6.45, 7) is 7.76. The number of amides is 2. The number of primary amides is 1. The van der Waals surface area contributed by atoms with E-state index in [0.717, 1.165) is 0 Å². The minimum atomic E-state index is -1.06. The smallest absolute Gasteiger partial charge is 0.412 e. The second-order valence-corrected chi connectivity index (χ2v) is 11.2. The van der Waals surface area contributed by atoms with Crippen LogP contribution in [0.25, 0.3) is 21.9 Å². The molecule has 0 unspecified atom stereocenters. The summed E-state index contributed by atoms with van der Waals surface area (Å²) in [5.74, 6) is -0.0566. The lowest BCUT2D eigenvalue weighted by molar-refractivity contribution is -0.120. The van der Waals surface area contributed by atoms with Gasteiger partial charge in [-0.05, 0) is 39.8 Å². The molecule has 6 rings (SSSR count). The SMILES string of the molecule is Cc1ncc(Oc2nc(N3C[C@@H]4[C@H](C3)[C@@]4(N)C(N)=O)c3c(n2)[nH]c2c(NC(=O)OC(C)(C)C)cc(F)cc23)cn1. The van der Waals surface area contributed by atoms with E-state index in [-0.39, 0.29) is 23.5 Å². The summed E-state index contributed by atoms with van der Waals surface area (Å²) >= 11 is 0. The molecule has 0 spiro atoms. The zero-order valence-corrected chi connectivity index (χ0v) is 22.3. The number of halogens is 1. The number of anilines is 2. The molecule has 3 aromatic heterocycles. The van der Waals surface area contributed by atoms with E-state index in [1.807, 2.05) is 4.90 Å². The van der Waals surface area contributed by atoms with Crippen LogP contribution in [0.3, 0.4) is 0 Å². The highest BCUT2D eigenvalue weighted by molar-refractivity contribution is 6.16. The zero-order valence-electron chi connectivity index (χ0n) is 22.3. The first-order valence-corrected chi connectivity index (χ1v) is 12.7. The molecule has 3 atom stereocenters. The topological polar surface area (TPSA) is 187 Å². The summed E-state index contributed by atoms with van der Waals surface area (Å²) in [6.07, 6.45) is 2.26. The van der Waals surface area contributed by atoms with Crippen LogP contribution in [0.1, 0.15) is 26.6 Å². The van der Waals surface area contributed by atoms with Gasteiger partial charge in [-0.25, -0.2) is 19.2 Å². The van der Waals surface area contributed by atoms with E-state index in [9.17, 15) is 14.0 Å². The van der Waals surface area contributed by atoms with E-state index in [0.29, 0.717) is 52.4 Å². The number of ether oxygens (including phenoxy) is 2. The van der Waals surface area contributed by atoms with Gasteiger partial charge in [0.05, 0.1) is 29.0 Å². The Bertz CT molecular complexity index is 1670. The van der Waals surface area contributed by atoms with Gasteiger partial charge in [0.2, 0.25) is 5.91 Å². The van der Waals surface area contributed by atoms with Gasteiger partial charge in [-0.1, -0.05) is 0 Å². The number of aromatic amines is 1. The number of nitrogens with zero attached hydrogens (tertiary/aromatic N) is 5. The molecule has 4 heterocycles. The second kappa shape index (κ2) is 8.71. The highest BCUT2D eigenvalue weighted by atomic mass is 19.1. The summed E-state index contributed by atoms with van der Waals surface area (Å²) in [7, 11) is 0. The zero-order chi connectivity index (χ0) is 28.6. The maximum Gasteiger partial charge on any atom is 0.412 e. The first kappa shape index (κ1) is 25.7. The van der Waals surface area contributed by atoms with Crippen LogP contribution in [-0.2, 0) is 9.53 Å². The van der Waals surface area contributed by atoms with Crippen molar-refractivity contribution >= 4 is 45.4 Å². The average molecular weight is 550 g/mol. The molecule has 4 aromatic rings. The van der Waals surface area contributed by atoms with Gasteiger partial charge < -0.3 is 30.8 Å². The van der Waals surface area contributed by atoms with Gasteiger partial charge in [-0.2, -0.15) is 9.97 Å². The summed E-state index contributed by atoms with van der Waals surface area (Å²) < 4.78 is 26.1. The van der Waals surface area contributed by atoms with Crippen molar-refractivity contribution < 1.29 is 23.5 Å². The first-order chi connectivity index (χ1) is 18.8. The van der Waals surface area contributed by atoms with Gasteiger partial charge in [0.1, 0.15) is 34.2 Å². The maximum atomic E-state index is 14.9. The van der Waals surface area contributed by atoms with E-state index < -0.39 is 29.0 Å². The number of hydrogen-bond donors (Lipinski definition) is 4. The lowest BCUT2D eigenvalue weighted by atomic mass is 10.1. The maximum absolute atomic E-state index is 14.9. The number of piperidine rings is 1. The Balaban J connectivity index is 1.46. The van der Waals surface area contributed by atoms with Crippen molar-refractivity contribution in [2.75, 3.05) is 23.3 Å². The van der Waals surface area contributed by atoms with Crippen molar-refractivity contribution in [3.05, 3.63) is 36.2 Å². The third kappa shape index (κ3) is 4.29. The molecule has 1 aliphatic heterocycles. The Morgan fingerprint density at radius 3 is 2.48 bits per heavy atom. The number of H-pyrrole nitrogens is 1. The van der Waals surface area contributed by atoms with Crippen molar-refractivity contribution in [3.63, 3.8) is 0 Å². The van der Waals surface area contributed by atoms with Crippen LogP contribution in [0, 0.1) is 24.6 Å². The number of aryl methyl sites for hydroxylation is 1. The molecule has 1 saturated heterocycles. The van der Waals surface area contributed by atoms with Gasteiger partial charge in [0, 0.05) is 30.3 Å². The van der Waals surface area contributed by atoms with Crippen molar-refractivity contribution in [2.24, 2.45) is 23.3 Å².